The molecule has 1 aliphatic rings. The number of aryl methyl sites for hydroxylation is 1. The fourth-order valence-corrected chi connectivity index (χ4v) is 5.49. The van der Waals surface area contributed by atoms with Crippen LogP contribution in [0.5, 0.6) is 5.75 Å². The fraction of sp³-hybridized carbons (Fsp3) is 0.250. The normalized spacial score (nSPS) is 12.7. The summed E-state index contributed by atoms with van der Waals surface area (Å²) in [7, 11) is 0. The molecule has 0 radical (unpaired) electrons. The van der Waals surface area contributed by atoms with Crippen LogP contribution in [-0.4, -0.2) is 18.4 Å². The van der Waals surface area contributed by atoms with Crippen LogP contribution in [0.2, 0.25) is 0 Å². The second kappa shape index (κ2) is 9.66. The molecule has 1 aliphatic carbocycles. The standard InChI is InChI=1S/C24H23BrN2O3S/c1-2-30-19-13-7-6-12-18(19)26-23(29)21-16-10-4-8-14-20(16)31-24(21)27-22(28)15-9-3-5-11-17(15)25/h3,5-7,9,11-13H,2,4,8,10,14H2,1H3,(H,26,29)(H,27,28). The van der Waals surface area contributed by atoms with Gasteiger partial charge in [0.25, 0.3) is 11.8 Å². The topological polar surface area (TPSA) is 67.4 Å². The SMILES string of the molecule is CCOc1ccccc1NC(=O)c1c(NC(=O)c2ccccc2Br)sc2c1CCCC2. The summed E-state index contributed by atoms with van der Waals surface area (Å²) in [5, 5.41) is 6.58. The van der Waals surface area contributed by atoms with E-state index in [1.54, 1.807) is 6.07 Å². The summed E-state index contributed by atoms with van der Waals surface area (Å²) in [6, 6.07) is 14.6. The van der Waals surface area contributed by atoms with Gasteiger partial charge in [0.15, 0.2) is 0 Å². The molecule has 1 heterocycles. The van der Waals surface area contributed by atoms with Gasteiger partial charge in [0.1, 0.15) is 10.8 Å². The van der Waals surface area contributed by atoms with E-state index in [0.29, 0.717) is 38.6 Å². The van der Waals surface area contributed by atoms with Gasteiger partial charge in [-0.2, -0.15) is 0 Å². The molecular weight excluding hydrogens is 476 g/mol. The van der Waals surface area contributed by atoms with Gasteiger partial charge in [0.2, 0.25) is 0 Å². The van der Waals surface area contributed by atoms with Crippen LogP contribution < -0.4 is 15.4 Å². The molecule has 7 heteroatoms. The van der Waals surface area contributed by atoms with Crippen LogP contribution in [0.3, 0.4) is 0 Å². The number of ether oxygens (including phenoxy) is 1. The summed E-state index contributed by atoms with van der Waals surface area (Å²) >= 11 is 4.94. The number of halogens is 1. The van der Waals surface area contributed by atoms with E-state index in [0.717, 1.165) is 31.2 Å². The minimum Gasteiger partial charge on any atom is -0.492 e. The van der Waals surface area contributed by atoms with Gasteiger partial charge in [-0.05, 0) is 78.4 Å². The van der Waals surface area contributed by atoms with Gasteiger partial charge in [-0.3, -0.25) is 9.59 Å². The maximum atomic E-state index is 13.4. The molecule has 0 bridgehead atoms. The van der Waals surface area contributed by atoms with E-state index >= 15 is 0 Å². The lowest BCUT2D eigenvalue weighted by molar-refractivity contribution is 0.102. The summed E-state index contributed by atoms with van der Waals surface area (Å²) in [5.41, 5.74) is 2.76. The first kappa shape index (κ1) is 21.6. The number of anilines is 2. The molecule has 2 N–H and O–H groups in total. The van der Waals surface area contributed by atoms with E-state index in [1.165, 1.54) is 16.2 Å². The van der Waals surface area contributed by atoms with Crippen LogP contribution in [-0.2, 0) is 12.8 Å². The molecule has 0 spiro atoms. The molecule has 5 nitrogen and oxygen atoms in total. The number of thiophene rings is 1. The van der Waals surface area contributed by atoms with E-state index in [2.05, 4.69) is 26.6 Å². The summed E-state index contributed by atoms with van der Waals surface area (Å²) in [4.78, 5) is 27.5. The number of hydrogen-bond donors (Lipinski definition) is 2. The lowest BCUT2D eigenvalue weighted by Gasteiger charge is -2.15. The number of hydrogen-bond acceptors (Lipinski definition) is 4. The van der Waals surface area contributed by atoms with Crippen molar-refractivity contribution in [1.29, 1.82) is 0 Å². The molecule has 2 aromatic carbocycles. The average Bonchev–Trinajstić information content (AvgIpc) is 3.13. The van der Waals surface area contributed by atoms with Gasteiger partial charge in [0, 0.05) is 9.35 Å². The Labute approximate surface area is 194 Å². The second-order valence-corrected chi connectivity index (χ2v) is 9.19. The van der Waals surface area contributed by atoms with Crippen molar-refractivity contribution in [3.63, 3.8) is 0 Å². The number of nitrogens with one attached hydrogen (secondary N) is 2. The minimum absolute atomic E-state index is 0.228. The molecule has 4 rings (SSSR count). The number of benzene rings is 2. The van der Waals surface area contributed by atoms with Crippen LogP contribution >= 0.6 is 27.3 Å². The van der Waals surface area contributed by atoms with Crippen molar-refractivity contribution in [2.24, 2.45) is 0 Å². The van der Waals surface area contributed by atoms with E-state index in [9.17, 15) is 9.59 Å². The maximum Gasteiger partial charge on any atom is 0.259 e. The molecule has 2 amide bonds. The quantitative estimate of drug-likeness (QED) is 0.419. The van der Waals surface area contributed by atoms with E-state index in [1.807, 2.05) is 49.4 Å². The van der Waals surface area contributed by atoms with E-state index < -0.39 is 0 Å². The molecule has 1 aromatic heterocycles. The number of rotatable bonds is 6. The molecule has 3 aromatic rings. The van der Waals surface area contributed by atoms with Crippen LogP contribution in [0, 0.1) is 0 Å². The van der Waals surface area contributed by atoms with Crippen LogP contribution in [0.1, 0.15) is 50.9 Å². The van der Waals surface area contributed by atoms with Crippen molar-refractivity contribution < 1.29 is 14.3 Å². The first-order chi connectivity index (χ1) is 15.1. The van der Waals surface area contributed by atoms with Crippen LogP contribution in [0.4, 0.5) is 10.7 Å². The zero-order chi connectivity index (χ0) is 21.8. The maximum absolute atomic E-state index is 13.4. The first-order valence-corrected chi connectivity index (χ1v) is 11.9. The van der Waals surface area contributed by atoms with Gasteiger partial charge in [-0.1, -0.05) is 24.3 Å². The Morgan fingerprint density at radius 2 is 1.74 bits per heavy atom. The van der Waals surface area contributed by atoms with Gasteiger partial charge in [-0.15, -0.1) is 11.3 Å². The largest absolute Gasteiger partial charge is 0.492 e. The lowest BCUT2D eigenvalue weighted by Crippen LogP contribution is -2.19. The summed E-state index contributed by atoms with van der Waals surface area (Å²) in [6.07, 6.45) is 3.91. The number of fused-ring (bicyclic) bond motifs is 1. The van der Waals surface area contributed by atoms with Crippen molar-refractivity contribution in [1.82, 2.24) is 0 Å². The van der Waals surface area contributed by atoms with Crippen molar-refractivity contribution in [3.8, 4) is 5.75 Å². The highest BCUT2D eigenvalue weighted by Gasteiger charge is 2.27. The number of carbonyl (C=O) groups is 2. The van der Waals surface area contributed by atoms with Gasteiger partial charge >= 0.3 is 0 Å². The van der Waals surface area contributed by atoms with Gasteiger partial charge in [0.05, 0.1) is 23.4 Å². The molecule has 160 valence electrons. The third-order valence-corrected chi connectivity index (χ3v) is 7.08. The molecule has 0 aliphatic heterocycles. The third-order valence-electron chi connectivity index (χ3n) is 5.18. The number of carbonyl (C=O) groups excluding carboxylic acids is 2. The predicted octanol–water partition coefficient (Wildman–Crippen LogP) is 6.29. The zero-order valence-electron chi connectivity index (χ0n) is 17.2. The van der Waals surface area contributed by atoms with Crippen LogP contribution in [0.15, 0.2) is 53.0 Å². The molecule has 0 saturated heterocycles. The fourth-order valence-electron chi connectivity index (χ4n) is 3.75. The van der Waals surface area contributed by atoms with Crippen molar-refractivity contribution >= 4 is 49.8 Å². The Hall–Kier alpha value is -2.64. The third kappa shape index (κ3) is 4.67. The summed E-state index contributed by atoms with van der Waals surface area (Å²) in [5.74, 6) is 0.157. The average molecular weight is 499 g/mol. The Balaban J connectivity index is 1.67. The summed E-state index contributed by atoms with van der Waals surface area (Å²) in [6.45, 7) is 2.41. The van der Waals surface area contributed by atoms with Crippen LogP contribution in [0.25, 0.3) is 0 Å². The Morgan fingerprint density at radius 1 is 1.00 bits per heavy atom. The molecule has 0 unspecified atom stereocenters. The van der Waals surface area contributed by atoms with E-state index in [4.69, 9.17) is 4.74 Å². The Bertz CT molecular complexity index is 1130. The number of para-hydroxylation sites is 2. The summed E-state index contributed by atoms with van der Waals surface area (Å²) < 4.78 is 6.36. The second-order valence-electron chi connectivity index (χ2n) is 7.23. The highest BCUT2D eigenvalue weighted by atomic mass is 79.9. The molecule has 31 heavy (non-hydrogen) atoms. The molecular formula is C24H23BrN2O3S. The molecule has 0 atom stereocenters. The smallest absolute Gasteiger partial charge is 0.259 e. The van der Waals surface area contributed by atoms with Gasteiger partial charge < -0.3 is 15.4 Å². The van der Waals surface area contributed by atoms with Crippen molar-refractivity contribution in [2.75, 3.05) is 17.2 Å². The zero-order valence-corrected chi connectivity index (χ0v) is 19.6. The molecule has 0 saturated carbocycles. The minimum atomic E-state index is -0.241. The van der Waals surface area contributed by atoms with Gasteiger partial charge in [-0.25, -0.2) is 0 Å². The molecule has 0 fully saturated rings. The van der Waals surface area contributed by atoms with E-state index in [-0.39, 0.29) is 11.8 Å². The Morgan fingerprint density at radius 3 is 2.55 bits per heavy atom. The number of amides is 2. The first-order valence-electron chi connectivity index (χ1n) is 10.3. The highest BCUT2D eigenvalue weighted by molar-refractivity contribution is 9.10. The predicted molar refractivity (Wildman–Crippen MR) is 129 cm³/mol. The van der Waals surface area contributed by atoms with Crippen molar-refractivity contribution in [2.45, 2.75) is 32.6 Å². The van der Waals surface area contributed by atoms with Crippen molar-refractivity contribution in [3.05, 3.63) is 74.6 Å². The lowest BCUT2D eigenvalue weighted by atomic mass is 9.95. The Kier molecular flexibility index (Phi) is 6.73. The highest BCUT2D eigenvalue weighted by Crippen LogP contribution is 2.39. The monoisotopic (exact) mass is 498 g/mol.